The molecule has 0 rings (SSSR count). The molecule has 0 saturated heterocycles. The molecule has 0 saturated carbocycles. The molecule has 2 unspecified atom stereocenters. The van der Waals surface area contributed by atoms with Gasteiger partial charge in [-0.05, 0) is 6.92 Å². The predicted molar refractivity (Wildman–Crippen MR) is 29.9 cm³/mol. The molecule has 2 nitrogen and oxygen atoms in total. The molecular weight excluding hydrogens is 132 g/mol. The van der Waals surface area contributed by atoms with E-state index in [-0.39, 0.29) is 0 Å². The summed E-state index contributed by atoms with van der Waals surface area (Å²) < 4.78 is 10.1. The fraction of sp³-hybridized carbons (Fsp3) is 0.667. The van der Waals surface area contributed by atoms with Crippen molar-refractivity contribution in [1.29, 1.82) is 5.26 Å². The van der Waals surface area contributed by atoms with Crippen LogP contribution in [0.3, 0.4) is 0 Å². The van der Waals surface area contributed by atoms with E-state index in [0.29, 0.717) is 0 Å². The largest absolute Gasteiger partial charge is 0.309 e. The minimum atomic E-state index is -2.10. The average Bonchev–Trinajstić information content (AvgIpc) is 1.65. The zero-order valence-corrected chi connectivity index (χ0v) is 5.57. The normalized spacial score (nSPS) is 17.3. The highest BCUT2D eigenvalue weighted by atomic mass is 35.7. The van der Waals surface area contributed by atoms with Crippen LogP contribution in [0.15, 0.2) is 0 Å². The molecule has 40 valence electrons. The summed E-state index contributed by atoms with van der Waals surface area (Å²) in [6.45, 7) is 1.54. The third-order valence-electron chi connectivity index (χ3n) is 0.534. The third-order valence-corrected chi connectivity index (χ3v) is 2.33. The van der Waals surface area contributed by atoms with Crippen LogP contribution < -0.4 is 0 Å². The maximum Gasteiger partial charge on any atom is 0.174 e. The average molecular weight is 138 g/mol. The summed E-state index contributed by atoms with van der Waals surface area (Å²) in [7, 11) is -2.10. The van der Waals surface area contributed by atoms with Gasteiger partial charge in [0.25, 0.3) is 0 Å². The Balaban J connectivity index is 3.63. The summed E-state index contributed by atoms with van der Waals surface area (Å²) in [5.41, 5.74) is -0.480. The van der Waals surface area contributed by atoms with Crippen molar-refractivity contribution in [3.63, 3.8) is 0 Å². The van der Waals surface area contributed by atoms with Crippen molar-refractivity contribution < 1.29 is 4.57 Å². The van der Waals surface area contributed by atoms with Gasteiger partial charge in [-0.2, -0.15) is 5.26 Å². The molecular formula is C3H5ClNOP. The first-order valence-electron chi connectivity index (χ1n) is 1.77. The second-order valence-corrected chi connectivity index (χ2v) is 3.75. The molecule has 0 heterocycles. The van der Waals surface area contributed by atoms with E-state index in [1.165, 1.54) is 6.92 Å². The quantitative estimate of drug-likeness (QED) is 0.515. The lowest BCUT2D eigenvalue weighted by molar-refractivity contribution is 0.593. The maximum absolute atomic E-state index is 10.1. The van der Waals surface area contributed by atoms with Crippen molar-refractivity contribution in [2.45, 2.75) is 12.6 Å². The summed E-state index contributed by atoms with van der Waals surface area (Å²) >= 11 is 5.05. The fourth-order valence-corrected chi connectivity index (χ4v) is 0.299. The summed E-state index contributed by atoms with van der Waals surface area (Å²) in [6.07, 6.45) is 0. The van der Waals surface area contributed by atoms with Crippen LogP contribution in [-0.2, 0) is 4.57 Å². The van der Waals surface area contributed by atoms with Crippen molar-refractivity contribution in [3.8, 4) is 6.07 Å². The lowest BCUT2D eigenvalue weighted by Gasteiger charge is -1.87. The molecule has 0 aromatic rings. The van der Waals surface area contributed by atoms with Crippen molar-refractivity contribution in [3.05, 3.63) is 0 Å². The van der Waals surface area contributed by atoms with Gasteiger partial charge in [-0.3, -0.25) is 0 Å². The first-order chi connectivity index (χ1) is 3.18. The predicted octanol–water partition coefficient (Wildman–Crippen LogP) is 1.61. The minimum Gasteiger partial charge on any atom is -0.309 e. The standard InChI is InChI=1S/C3H5ClNOP/c1-3(2-5)7(4)6/h3,7H,1H3. The molecule has 0 spiro atoms. The van der Waals surface area contributed by atoms with Crippen LogP contribution >= 0.6 is 18.4 Å². The van der Waals surface area contributed by atoms with Gasteiger partial charge in [-0.15, -0.1) is 0 Å². The Morgan fingerprint density at radius 1 is 2.00 bits per heavy atom. The Kier molecular flexibility index (Phi) is 3.07. The zero-order valence-electron chi connectivity index (χ0n) is 3.81. The molecule has 2 atom stereocenters. The lowest BCUT2D eigenvalue weighted by atomic mass is 10.5. The van der Waals surface area contributed by atoms with Crippen LogP contribution in [0.25, 0.3) is 0 Å². The number of nitriles is 1. The van der Waals surface area contributed by atoms with Gasteiger partial charge in [-0.25, -0.2) is 0 Å². The first kappa shape index (κ1) is 7.01. The molecule has 7 heavy (non-hydrogen) atoms. The Bertz CT molecular complexity index is 119. The van der Waals surface area contributed by atoms with Crippen molar-refractivity contribution in [1.82, 2.24) is 0 Å². The molecule has 0 amide bonds. The molecule has 0 fully saturated rings. The van der Waals surface area contributed by atoms with E-state index in [2.05, 4.69) is 0 Å². The highest BCUT2D eigenvalue weighted by Gasteiger charge is 2.02. The van der Waals surface area contributed by atoms with E-state index in [0.717, 1.165) is 0 Å². The number of hydrogen-bond donors (Lipinski definition) is 0. The maximum atomic E-state index is 10.1. The van der Waals surface area contributed by atoms with E-state index < -0.39 is 12.8 Å². The SMILES string of the molecule is CC(C#N)[PH](=O)Cl. The Morgan fingerprint density at radius 2 is 2.43 bits per heavy atom. The smallest absolute Gasteiger partial charge is 0.174 e. The van der Waals surface area contributed by atoms with Gasteiger partial charge in [0.1, 0.15) is 5.66 Å². The lowest BCUT2D eigenvalue weighted by Crippen LogP contribution is -1.82. The van der Waals surface area contributed by atoms with Crippen LogP contribution in [0, 0.1) is 11.3 Å². The van der Waals surface area contributed by atoms with E-state index in [1.54, 1.807) is 6.07 Å². The molecule has 0 bridgehead atoms. The number of hydrogen-bond acceptors (Lipinski definition) is 2. The van der Waals surface area contributed by atoms with Gasteiger partial charge in [0.05, 0.1) is 6.07 Å². The van der Waals surface area contributed by atoms with Crippen molar-refractivity contribution >= 4 is 18.4 Å². The summed E-state index contributed by atoms with van der Waals surface area (Å²) in [4.78, 5) is 0. The van der Waals surface area contributed by atoms with Crippen LogP contribution in [0.4, 0.5) is 0 Å². The Morgan fingerprint density at radius 3 is 2.43 bits per heavy atom. The van der Waals surface area contributed by atoms with Gasteiger partial charge in [0.2, 0.25) is 0 Å². The molecule has 0 aliphatic rings. The first-order valence-corrected chi connectivity index (χ1v) is 4.27. The molecule has 0 N–H and O–H groups in total. The van der Waals surface area contributed by atoms with Crippen molar-refractivity contribution in [2.24, 2.45) is 0 Å². The summed E-state index contributed by atoms with van der Waals surface area (Å²) in [6, 6.07) is 1.77. The minimum absolute atomic E-state index is 0.480. The van der Waals surface area contributed by atoms with Crippen LogP contribution in [-0.4, -0.2) is 5.66 Å². The highest BCUT2D eigenvalue weighted by molar-refractivity contribution is 7.74. The summed E-state index contributed by atoms with van der Waals surface area (Å²) in [5.74, 6) is 0. The van der Waals surface area contributed by atoms with Gasteiger partial charge in [0.15, 0.2) is 7.15 Å². The fourth-order valence-electron chi connectivity index (χ4n) is 0.0507. The van der Waals surface area contributed by atoms with Gasteiger partial charge < -0.3 is 4.57 Å². The van der Waals surface area contributed by atoms with E-state index in [4.69, 9.17) is 16.5 Å². The summed E-state index contributed by atoms with van der Waals surface area (Å²) in [5, 5.41) is 8.00. The monoisotopic (exact) mass is 137 g/mol. The zero-order chi connectivity index (χ0) is 5.86. The topological polar surface area (TPSA) is 40.9 Å². The Hall–Kier alpha value is 0.01000. The van der Waals surface area contributed by atoms with E-state index in [1.807, 2.05) is 0 Å². The number of halogens is 1. The molecule has 0 aromatic carbocycles. The highest BCUT2D eigenvalue weighted by Crippen LogP contribution is 2.31. The number of rotatable bonds is 1. The van der Waals surface area contributed by atoms with E-state index in [9.17, 15) is 4.57 Å². The second kappa shape index (κ2) is 3.07. The van der Waals surface area contributed by atoms with Crippen LogP contribution in [0.1, 0.15) is 6.92 Å². The molecule has 0 aromatic heterocycles. The van der Waals surface area contributed by atoms with Gasteiger partial charge in [-0.1, -0.05) is 11.2 Å². The van der Waals surface area contributed by atoms with Gasteiger partial charge >= 0.3 is 0 Å². The van der Waals surface area contributed by atoms with Crippen LogP contribution in [0.2, 0.25) is 0 Å². The molecule has 0 aliphatic carbocycles. The molecule has 4 heteroatoms. The van der Waals surface area contributed by atoms with Gasteiger partial charge in [0, 0.05) is 0 Å². The second-order valence-electron chi connectivity index (χ2n) is 1.15. The molecule has 0 aliphatic heterocycles. The van der Waals surface area contributed by atoms with E-state index >= 15 is 0 Å². The Labute approximate surface area is 47.7 Å². The molecule has 0 radical (unpaired) electrons. The third kappa shape index (κ3) is 2.68. The van der Waals surface area contributed by atoms with Crippen LogP contribution in [0.5, 0.6) is 0 Å². The van der Waals surface area contributed by atoms with Crippen molar-refractivity contribution in [2.75, 3.05) is 0 Å². The number of nitrogens with zero attached hydrogens (tertiary/aromatic N) is 1.